The van der Waals surface area contributed by atoms with Gasteiger partial charge in [-0.15, -0.1) is 0 Å². The summed E-state index contributed by atoms with van der Waals surface area (Å²) in [6, 6.07) is 10.3. The molecule has 0 spiro atoms. The van der Waals surface area contributed by atoms with Crippen molar-refractivity contribution >= 4 is 11.7 Å². The van der Waals surface area contributed by atoms with Gasteiger partial charge in [0.25, 0.3) is 0 Å². The predicted octanol–water partition coefficient (Wildman–Crippen LogP) is 2.56. The number of rotatable bonds is 3. The van der Waals surface area contributed by atoms with E-state index in [0.717, 1.165) is 36.2 Å². The third kappa shape index (κ3) is 2.81. The Morgan fingerprint density at radius 2 is 2.14 bits per heavy atom. The van der Waals surface area contributed by atoms with Gasteiger partial charge in [-0.05, 0) is 49.1 Å². The quantitative estimate of drug-likeness (QED) is 0.809. The van der Waals surface area contributed by atoms with Crippen molar-refractivity contribution in [1.29, 1.82) is 0 Å². The van der Waals surface area contributed by atoms with Crippen molar-refractivity contribution < 1.29 is 9.90 Å². The monoisotopic (exact) mass is 284 g/mol. The van der Waals surface area contributed by atoms with E-state index in [4.69, 9.17) is 5.11 Å². The van der Waals surface area contributed by atoms with Crippen molar-refractivity contribution in [2.24, 2.45) is 0 Å². The lowest BCUT2D eigenvalue weighted by Gasteiger charge is -2.26. The molecule has 108 valence electrons. The Bertz CT molecular complexity index is 736. The highest BCUT2D eigenvalue weighted by atomic mass is 16.4. The molecule has 0 saturated heterocycles. The topological polar surface area (TPSA) is 82.2 Å². The maximum Gasteiger partial charge on any atom is 0.335 e. The standard InChI is InChI=1S/C16H16N2O3/c19-15-8-7-12-13(5-2-6-14(12)18-15)17-11-4-1-3-10(9-11)16(20)21/h1,3-4,7-9,13,17H,2,5-6H2,(H,18,19)(H,20,21). The Morgan fingerprint density at radius 1 is 1.29 bits per heavy atom. The van der Waals surface area contributed by atoms with Gasteiger partial charge in [0, 0.05) is 17.4 Å². The number of carbonyl (C=O) groups is 1. The van der Waals surface area contributed by atoms with Gasteiger partial charge in [-0.3, -0.25) is 4.79 Å². The molecule has 1 aliphatic carbocycles. The summed E-state index contributed by atoms with van der Waals surface area (Å²) in [5, 5.41) is 12.4. The van der Waals surface area contributed by atoms with Crippen LogP contribution in [0.5, 0.6) is 0 Å². The van der Waals surface area contributed by atoms with Crippen LogP contribution in [0.15, 0.2) is 41.2 Å². The molecule has 0 saturated carbocycles. The highest BCUT2D eigenvalue weighted by molar-refractivity contribution is 5.88. The summed E-state index contributed by atoms with van der Waals surface area (Å²) >= 11 is 0. The van der Waals surface area contributed by atoms with Crippen LogP contribution >= 0.6 is 0 Å². The number of aromatic carboxylic acids is 1. The van der Waals surface area contributed by atoms with E-state index in [1.165, 1.54) is 6.07 Å². The molecule has 5 nitrogen and oxygen atoms in total. The minimum absolute atomic E-state index is 0.0812. The lowest BCUT2D eigenvalue weighted by molar-refractivity contribution is 0.0697. The molecule has 3 N–H and O–H groups in total. The van der Waals surface area contributed by atoms with E-state index in [1.807, 2.05) is 12.1 Å². The summed E-state index contributed by atoms with van der Waals surface area (Å²) in [6.45, 7) is 0. The van der Waals surface area contributed by atoms with E-state index in [9.17, 15) is 9.59 Å². The van der Waals surface area contributed by atoms with Gasteiger partial charge >= 0.3 is 5.97 Å². The Morgan fingerprint density at radius 3 is 2.95 bits per heavy atom. The Hall–Kier alpha value is -2.56. The van der Waals surface area contributed by atoms with E-state index in [0.29, 0.717) is 0 Å². The highest BCUT2D eigenvalue weighted by Gasteiger charge is 2.20. The van der Waals surface area contributed by atoms with E-state index in [1.54, 1.807) is 18.2 Å². The van der Waals surface area contributed by atoms with Crippen LogP contribution in [0.4, 0.5) is 5.69 Å². The fraction of sp³-hybridized carbons (Fsp3) is 0.250. The number of aromatic amines is 1. The molecule has 5 heteroatoms. The number of nitrogens with one attached hydrogen (secondary N) is 2. The molecule has 1 aromatic carbocycles. The van der Waals surface area contributed by atoms with E-state index < -0.39 is 5.97 Å². The molecule has 1 aliphatic rings. The molecular formula is C16H16N2O3. The SMILES string of the molecule is O=C(O)c1cccc(NC2CCCc3[nH]c(=O)ccc32)c1. The molecule has 0 aliphatic heterocycles. The molecule has 21 heavy (non-hydrogen) atoms. The summed E-state index contributed by atoms with van der Waals surface area (Å²) in [5.41, 5.74) is 3.01. The summed E-state index contributed by atoms with van der Waals surface area (Å²) in [7, 11) is 0. The van der Waals surface area contributed by atoms with Crippen molar-refractivity contribution in [3.63, 3.8) is 0 Å². The molecule has 1 unspecified atom stereocenters. The van der Waals surface area contributed by atoms with Crippen molar-refractivity contribution in [3.8, 4) is 0 Å². The fourth-order valence-corrected chi connectivity index (χ4v) is 2.79. The molecule has 3 rings (SSSR count). The van der Waals surface area contributed by atoms with E-state index in [2.05, 4.69) is 10.3 Å². The molecule has 0 fully saturated rings. The first kappa shape index (κ1) is 13.4. The smallest absolute Gasteiger partial charge is 0.335 e. The first-order valence-electron chi connectivity index (χ1n) is 6.95. The third-order valence-electron chi connectivity index (χ3n) is 3.78. The average Bonchev–Trinajstić information content (AvgIpc) is 2.47. The first-order valence-corrected chi connectivity index (χ1v) is 6.95. The number of carboxylic acid groups (broad SMARTS) is 1. The zero-order valence-electron chi connectivity index (χ0n) is 11.4. The largest absolute Gasteiger partial charge is 0.478 e. The number of fused-ring (bicyclic) bond motifs is 1. The normalized spacial score (nSPS) is 17.0. The Balaban J connectivity index is 1.88. The van der Waals surface area contributed by atoms with Crippen LogP contribution in [-0.4, -0.2) is 16.1 Å². The van der Waals surface area contributed by atoms with Crippen LogP contribution in [0.3, 0.4) is 0 Å². The van der Waals surface area contributed by atoms with Crippen molar-refractivity contribution in [2.45, 2.75) is 25.3 Å². The highest BCUT2D eigenvalue weighted by Crippen LogP contribution is 2.30. The van der Waals surface area contributed by atoms with E-state index in [-0.39, 0.29) is 17.2 Å². The molecule has 0 bridgehead atoms. The number of H-pyrrole nitrogens is 1. The number of carboxylic acids is 1. The molecule has 1 aromatic heterocycles. The number of hydrogen-bond acceptors (Lipinski definition) is 3. The Kier molecular flexibility index (Phi) is 3.48. The van der Waals surface area contributed by atoms with Crippen LogP contribution < -0.4 is 10.9 Å². The minimum Gasteiger partial charge on any atom is -0.478 e. The van der Waals surface area contributed by atoms with E-state index >= 15 is 0 Å². The van der Waals surface area contributed by atoms with Gasteiger partial charge < -0.3 is 15.4 Å². The van der Waals surface area contributed by atoms with Gasteiger partial charge in [0.1, 0.15) is 0 Å². The van der Waals surface area contributed by atoms with Gasteiger partial charge in [-0.2, -0.15) is 0 Å². The van der Waals surface area contributed by atoms with Gasteiger partial charge in [0.2, 0.25) is 5.56 Å². The number of benzene rings is 1. The molecular weight excluding hydrogens is 268 g/mol. The maximum atomic E-state index is 11.4. The number of pyridine rings is 1. The minimum atomic E-state index is -0.938. The second-order valence-corrected chi connectivity index (χ2v) is 5.23. The van der Waals surface area contributed by atoms with Crippen LogP contribution in [0.25, 0.3) is 0 Å². The molecule has 0 amide bonds. The van der Waals surface area contributed by atoms with Crippen LogP contribution in [0.1, 0.15) is 40.5 Å². The average molecular weight is 284 g/mol. The summed E-state index contributed by atoms with van der Waals surface area (Å²) in [4.78, 5) is 25.3. The number of aryl methyl sites for hydroxylation is 1. The molecule has 1 heterocycles. The van der Waals surface area contributed by atoms with Gasteiger partial charge in [0.05, 0.1) is 11.6 Å². The zero-order chi connectivity index (χ0) is 14.8. The predicted molar refractivity (Wildman–Crippen MR) is 79.8 cm³/mol. The van der Waals surface area contributed by atoms with Crippen molar-refractivity contribution in [1.82, 2.24) is 4.98 Å². The second-order valence-electron chi connectivity index (χ2n) is 5.23. The summed E-state index contributed by atoms with van der Waals surface area (Å²) in [6.07, 6.45) is 2.82. The van der Waals surface area contributed by atoms with Gasteiger partial charge in [-0.1, -0.05) is 6.07 Å². The summed E-state index contributed by atoms with van der Waals surface area (Å²) < 4.78 is 0. The van der Waals surface area contributed by atoms with Gasteiger partial charge in [-0.25, -0.2) is 4.79 Å². The summed E-state index contributed by atoms with van der Waals surface area (Å²) in [5.74, 6) is -0.938. The van der Waals surface area contributed by atoms with Crippen LogP contribution in [0, 0.1) is 0 Å². The van der Waals surface area contributed by atoms with Crippen LogP contribution in [-0.2, 0) is 6.42 Å². The lowest BCUT2D eigenvalue weighted by Crippen LogP contribution is -2.21. The number of hydrogen-bond donors (Lipinski definition) is 3. The lowest BCUT2D eigenvalue weighted by atomic mass is 9.91. The van der Waals surface area contributed by atoms with Crippen molar-refractivity contribution in [2.75, 3.05) is 5.32 Å². The Labute approximate surface area is 121 Å². The molecule has 2 aromatic rings. The van der Waals surface area contributed by atoms with Crippen molar-refractivity contribution in [3.05, 3.63) is 63.6 Å². The number of anilines is 1. The van der Waals surface area contributed by atoms with Gasteiger partial charge in [0.15, 0.2) is 0 Å². The second kappa shape index (κ2) is 5.44. The molecule has 1 atom stereocenters. The van der Waals surface area contributed by atoms with Crippen LogP contribution in [0.2, 0.25) is 0 Å². The fourth-order valence-electron chi connectivity index (χ4n) is 2.79. The third-order valence-corrected chi connectivity index (χ3v) is 3.78. The molecule has 0 radical (unpaired) electrons. The first-order chi connectivity index (χ1) is 10.1. The maximum absolute atomic E-state index is 11.4. The zero-order valence-corrected chi connectivity index (χ0v) is 11.4. The number of aromatic nitrogens is 1.